The van der Waals surface area contributed by atoms with Gasteiger partial charge >= 0.3 is 0 Å². The molecule has 16 heavy (non-hydrogen) atoms. The van der Waals surface area contributed by atoms with E-state index in [4.69, 9.17) is 11.5 Å². The fourth-order valence-electron chi connectivity index (χ4n) is 2.02. The molecule has 0 aromatic heterocycles. The van der Waals surface area contributed by atoms with Gasteiger partial charge < -0.3 is 11.5 Å². The normalized spacial score (nSPS) is 24.5. The van der Waals surface area contributed by atoms with Crippen LogP contribution in [0, 0.1) is 0 Å². The smallest absolute Gasteiger partial charge is 0.235 e. The van der Waals surface area contributed by atoms with Crippen LogP contribution in [-0.2, 0) is 14.8 Å². The highest BCUT2D eigenvalue weighted by Gasteiger charge is 2.40. The molecule has 1 fully saturated rings. The highest BCUT2D eigenvalue weighted by atomic mass is 32.2. The number of nitrogens with zero attached hydrogens (tertiary/aromatic N) is 1. The predicted molar refractivity (Wildman–Crippen MR) is 61.0 cm³/mol. The number of rotatable bonds is 5. The zero-order valence-electron chi connectivity index (χ0n) is 9.43. The summed E-state index contributed by atoms with van der Waals surface area (Å²) in [6.07, 6.45) is 1.63. The van der Waals surface area contributed by atoms with Crippen LogP contribution in [0.2, 0.25) is 0 Å². The van der Waals surface area contributed by atoms with Crippen LogP contribution in [0.3, 0.4) is 0 Å². The molecule has 0 aromatic rings. The van der Waals surface area contributed by atoms with Crippen molar-refractivity contribution in [2.24, 2.45) is 11.5 Å². The van der Waals surface area contributed by atoms with Gasteiger partial charge in [0.1, 0.15) is 6.04 Å². The summed E-state index contributed by atoms with van der Waals surface area (Å²) >= 11 is 0. The molecule has 0 aromatic carbocycles. The first-order valence-electron chi connectivity index (χ1n) is 5.45. The Balaban J connectivity index is 2.94. The van der Waals surface area contributed by atoms with Gasteiger partial charge in [0.05, 0.1) is 5.25 Å². The van der Waals surface area contributed by atoms with E-state index in [9.17, 15) is 13.2 Å². The molecule has 0 aliphatic carbocycles. The van der Waals surface area contributed by atoms with E-state index in [0.717, 1.165) is 0 Å². The molecule has 1 aliphatic rings. The summed E-state index contributed by atoms with van der Waals surface area (Å²) in [6.45, 7) is 2.21. The first-order valence-corrected chi connectivity index (χ1v) is 6.95. The molecule has 1 saturated heterocycles. The molecule has 0 saturated carbocycles. The Kier molecular flexibility index (Phi) is 4.28. The van der Waals surface area contributed by atoms with Gasteiger partial charge in [-0.3, -0.25) is 4.79 Å². The maximum atomic E-state index is 12.1. The molecule has 2 atom stereocenters. The third-order valence-electron chi connectivity index (χ3n) is 3.00. The molecular formula is C9H19N3O3S. The molecule has 1 rings (SSSR count). The van der Waals surface area contributed by atoms with Crippen molar-refractivity contribution in [2.45, 2.75) is 37.5 Å². The summed E-state index contributed by atoms with van der Waals surface area (Å²) in [5, 5.41) is -0.618. The van der Waals surface area contributed by atoms with Crippen molar-refractivity contribution in [2.75, 3.05) is 13.1 Å². The molecule has 7 heteroatoms. The van der Waals surface area contributed by atoms with Gasteiger partial charge in [-0.2, -0.15) is 4.31 Å². The van der Waals surface area contributed by atoms with Crippen molar-refractivity contribution in [3.63, 3.8) is 0 Å². The van der Waals surface area contributed by atoms with Gasteiger partial charge in [0.15, 0.2) is 0 Å². The largest absolute Gasteiger partial charge is 0.368 e. The van der Waals surface area contributed by atoms with Crippen LogP contribution in [0.5, 0.6) is 0 Å². The molecule has 4 N–H and O–H groups in total. The third kappa shape index (κ3) is 2.36. The average molecular weight is 249 g/mol. The lowest BCUT2D eigenvalue weighted by atomic mass is 10.2. The van der Waals surface area contributed by atoms with Gasteiger partial charge in [0.2, 0.25) is 15.9 Å². The highest BCUT2D eigenvalue weighted by molar-refractivity contribution is 7.89. The Morgan fingerprint density at radius 3 is 2.62 bits per heavy atom. The Bertz CT molecular complexity index is 351. The summed E-state index contributed by atoms with van der Waals surface area (Å²) in [4.78, 5) is 11.1. The van der Waals surface area contributed by atoms with Crippen molar-refractivity contribution < 1.29 is 13.2 Å². The van der Waals surface area contributed by atoms with E-state index >= 15 is 0 Å². The number of sulfonamides is 1. The first-order chi connectivity index (χ1) is 7.45. The van der Waals surface area contributed by atoms with Gasteiger partial charge in [-0.15, -0.1) is 0 Å². The van der Waals surface area contributed by atoms with Gasteiger partial charge in [-0.05, 0) is 19.3 Å². The number of carbonyl (C=O) groups excluding carboxylic acids is 1. The Labute approximate surface area is 96.0 Å². The van der Waals surface area contributed by atoms with Crippen molar-refractivity contribution in [1.82, 2.24) is 4.31 Å². The number of carbonyl (C=O) groups is 1. The van der Waals surface area contributed by atoms with Crippen LogP contribution in [0.25, 0.3) is 0 Å². The van der Waals surface area contributed by atoms with Crippen LogP contribution >= 0.6 is 0 Å². The van der Waals surface area contributed by atoms with Crippen LogP contribution in [0.4, 0.5) is 0 Å². The minimum Gasteiger partial charge on any atom is -0.368 e. The molecular weight excluding hydrogens is 230 g/mol. The van der Waals surface area contributed by atoms with E-state index in [-0.39, 0.29) is 6.54 Å². The molecule has 2 unspecified atom stereocenters. The molecule has 0 spiro atoms. The van der Waals surface area contributed by atoms with Crippen LogP contribution < -0.4 is 11.5 Å². The van der Waals surface area contributed by atoms with E-state index < -0.39 is 27.2 Å². The summed E-state index contributed by atoms with van der Waals surface area (Å²) in [6, 6.07) is -0.689. The van der Waals surface area contributed by atoms with Gasteiger partial charge in [0, 0.05) is 13.1 Å². The number of nitrogens with two attached hydrogens (primary N) is 2. The summed E-state index contributed by atoms with van der Waals surface area (Å²) in [5.41, 5.74) is 10.6. The zero-order valence-corrected chi connectivity index (χ0v) is 10.2. The topological polar surface area (TPSA) is 106 Å². The van der Waals surface area contributed by atoms with Crippen molar-refractivity contribution in [3.05, 3.63) is 0 Å². The minimum atomic E-state index is -3.49. The van der Waals surface area contributed by atoms with Crippen molar-refractivity contribution >= 4 is 15.9 Å². The quantitative estimate of drug-likeness (QED) is 0.652. The second-order valence-electron chi connectivity index (χ2n) is 3.98. The van der Waals surface area contributed by atoms with Crippen molar-refractivity contribution in [1.29, 1.82) is 0 Å². The predicted octanol–water partition coefficient (Wildman–Crippen LogP) is -0.997. The second-order valence-corrected chi connectivity index (χ2v) is 6.15. The number of primary amides is 1. The van der Waals surface area contributed by atoms with Crippen molar-refractivity contribution in [3.8, 4) is 0 Å². The van der Waals surface area contributed by atoms with E-state index in [1.807, 2.05) is 0 Å². The summed E-state index contributed by atoms with van der Waals surface area (Å²) < 4.78 is 25.5. The van der Waals surface area contributed by atoms with E-state index in [1.54, 1.807) is 6.92 Å². The van der Waals surface area contributed by atoms with Gasteiger partial charge in [-0.25, -0.2) is 8.42 Å². The van der Waals surface area contributed by atoms with Crippen LogP contribution in [0.1, 0.15) is 26.2 Å². The third-order valence-corrected chi connectivity index (χ3v) is 5.46. The average Bonchev–Trinajstić information content (AvgIpc) is 2.67. The van der Waals surface area contributed by atoms with Gasteiger partial charge in [-0.1, -0.05) is 6.92 Å². The van der Waals surface area contributed by atoms with E-state index in [1.165, 1.54) is 4.31 Å². The molecule has 1 amide bonds. The summed E-state index contributed by atoms with van der Waals surface area (Å²) in [5.74, 6) is -0.576. The standard InChI is InChI=1S/C9H19N3O3S/c1-2-7(6-10)16(14,15)12-5-3-4-8(12)9(11)13/h7-8H,2-6,10H2,1H3,(H2,11,13). The number of amides is 1. The first kappa shape index (κ1) is 13.4. The monoisotopic (exact) mass is 249 g/mol. The van der Waals surface area contributed by atoms with E-state index in [0.29, 0.717) is 25.8 Å². The molecule has 0 radical (unpaired) electrons. The Morgan fingerprint density at radius 1 is 1.56 bits per heavy atom. The molecule has 1 aliphatic heterocycles. The minimum absolute atomic E-state index is 0.0703. The van der Waals surface area contributed by atoms with Crippen LogP contribution in [-0.4, -0.2) is 43.0 Å². The lowest BCUT2D eigenvalue weighted by Gasteiger charge is -2.26. The number of hydrogen-bond acceptors (Lipinski definition) is 4. The lowest BCUT2D eigenvalue weighted by Crippen LogP contribution is -2.48. The molecule has 6 nitrogen and oxygen atoms in total. The molecule has 1 heterocycles. The fourth-order valence-corrected chi connectivity index (χ4v) is 4.01. The second kappa shape index (κ2) is 5.11. The fraction of sp³-hybridized carbons (Fsp3) is 0.889. The van der Waals surface area contributed by atoms with E-state index in [2.05, 4.69) is 0 Å². The van der Waals surface area contributed by atoms with Crippen LogP contribution in [0.15, 0.2) is 0 Å². The lowest BCUT2D eigenvalue weighted by molar-refractivity contribution is -0.121. The molecule has 94 valence electrons. The Hall–Kier alpha value is -0.660. The summed E-state index contributed by atoms with van der Waals surface area (Å²) in [7, 11) is -3.49. The SMILES string of the molecule is CCC(CN)S(=O)(=O)N1CCCC1C(N)=O. The maximum absolute atomic E-state index is 12.1. The van der Waals surface area contributed by atoms with Gasteiger partial charge in [0.25, 0.3) is 0 Å². The molecule has 0 bridgehead atoms. The Morgan fingerprint density at radius 2 is 2.19 bits per heavy atom. The highest BCUT2D eigenvalue weighted by Crippen LogP contribution is 2.24. The maximum Gasteiger partial charge on any atom is 0.235 e. The zero-order chi connectivity index (χ0) is 12.3. The number of hydrogen-bond donors (Lipinski definition) is 2.